The van der Waals surface area contributed by atoms with E-state index >= 15 is 0 Å². The predicted octanol–water partition coefficient (Wildman–Crippen LogP) is 3.62. The van der Waals surface area contributed by atoms with E-state index in [1.165, 1.54) is 5.56 Å². The first-order valence-corrected chi connectivity index (χ1v) is 9.49. The molecule has 1 fully saturated rings. The first-order valence-electron chi connectivity index (χ1n) is 9.49. The van der Waals surface area contributed by atoms with Gasteiger partial charge in [-0.15, -0.1) is 5.10 Å². The molecule has 0 bridgehead atoms. The van der Waals surface area contributed by atoms with Crippen molar-refractivity contribution in [2.75, 3.05) is 41.8 Å². The number of nitrogens with one attached hydrogen (secondary N) is 2. The van der Waals surface area contributed by atoms with E-state index in [2.05, 4.69) is 55.8 Å². The molecule has 0 saturated carbocycles. The topological polar surface area (TPSA) is 75.2 Å². The first kappa shape index (κ1) is 18.2. The fourth-order valence-corrected chi connectivity index (χ4v) is 3.25. The van der Waals surface area contributed by atoms with Gasteiger partial charge in [-0.2, -0.15) is 10.1 Å². The van der Waals surface area contributed by atoms with Gasteiger partial charge in [0.2, 0.25) is 5.95 Å². The van der Waals surface area contributed by atoms with Gasteiger partial charge < -0.3 is 20.3 Å². The van der Waals surface area contributed by atoms with Gasteiger partial charge in [-0.05, 0) is 24.6 Å². The normalized spacial score (nSPS) is 15.1. The number of hydrogen-bond acceptors (Lipinski definition) is 7. The highest BCUT2D eigenvalue weighted by molar-refractivity contribution is 5.73. The van der Waals surface area contributed by atoms with Crippen molar-refractivity contribution in [3.05, 3.63) is 66.4 Å². The van der Waals surface area contributed by atoms with Crippen LogP contribution in [0.25, 0.3) is 0 Å². The molecule has 1 aliphatic rings. The highest BCUT2D eigenvalue weighted by Gasteiger charge is 2.15. The Labute approximate surface area is 164 Å². The number of hydrogen-bond donors (Lipinski definition) is 2. The van der Waals surface area contributed by atoms with Crippen LogP contribution in [0, 0.1) is 0 Å². The average molecular weight is 376 g/mol. The van der Waals surface area contributed by atoms with Crippen LogP contribution in [-0.4, -0.2) is 41.5 Å². The summed E-state index contributed by atoms with van der Waals surface area (Å²) in [5, 5.41) is 14.9. The number of benzene rings is 2. The standard InChI is InChI=1S/C21H24N6O/c1-16(17-7-3-2-4-8-17)23-20-15-22-26-21(25-20)24-18-9-5-6-10-19(18)27-11-13-28-14-12-27/h2-10,15-16H,11-14H2,1H3,(H2,23,24,25,26). The SMILES string of the molecule is CC(Nc1cnnc(Nc2ccccc2N2CCOCC2)n1)c1ccccc1. The summed E-state index contributed by atoms with van der Waals surface area (Å²) in [4.78, 5) is 6.89. The molecule has 144 valence electrons. The summed E-state index contributed by atoms with van der Waals surface area (Å²) in [6.07, 6.45) is 1.64. The van der Waals surface area contributed by atoms with Crippen LogP contribution in [0.1, 0.15) is 18.5 Å². The van der Waals surface area contributed by atoms with E-state index in [0.29, 0.717) is 11.8 Å². The lowest BCUT2D eigenvalue weighted by Gasteiger charge is -2.30. The molecule has 2 aromatic carbocycles. The Balaban J connectivity index is 1.50. The lowest BCUT2D eigenvalue weighted by molar-refractivity contribution is 0.123. The molecule has 0 aliphatic carbocycles. The molecule has 0 amide bonds. The molecule has 3 aromatic rings. The lowest BCUT2D eigenvalue weighted by Crippen LogP contribution is -2.36. The molecule has 4 rings (SSSR count). The molecule has 2 heterocycles. The number of morpholine rings is 1. The van der Waals surface area contributed by atoms with Crippen molar-refractivity contribution in [2.45, 2.75) is 13.0 Å². The van der Waals surface area contributed by atoms with Gasteiger partial charge in [0, 0.05) is 19.1 Å². The van der Waals surface area contributed by atoms with Gasteiger partial charge in [-0.1, -0.05) is 42.5 Å². The minimum absolute atomic E-state index is 0.117. The maximum atomic E-state index is 5.46. The zero-order valence-corrected chi connectivity index (χ0v) is 15.9. The monoisotopic (exact) mass is 376 g/mol. The number of nitrogens with zero attached hydrogens (tertiary/aromatic N) is 4. The molecule has 1 saturated heterocycles. The lowest BCUT2D eigenvalue weighted by atomic mass is 10.1. The van der Waals surface area contributed by atoms with Crippen molar-refractivity contribution < 1.29 is 4.74 Å². The van der Waals surface area contributed by atoms with Gasteiger partial charge in [-0.25, -0.2) is 0 Å². The number of rotatable bonds is 6. The summed E-state index contributed by atoms with van der Waals surface area (Å²) in [7, 11) is 0. The van der Waals surface area contributed by atoms with Crippen molar-refractivity contribution in [3.63, 3.8) is 0 Å². The second-order valence-electron chi connectivity index (χ2n) is 6.68. The van der Waals surface area contributed by atoms with E-state index in [9.17, 15) is 0 Å². The third kappa shape index (κ3) is 4.37. The molecule has 1 atom stereocenters. The van der Waals surface area contributed by atoms with Gasteiger partial charge in [0.25, 0.3) is 0 Å². The Morgan fingerprint density at radius 1 is 1.00 bits per heavy atom. The summed E-state index contributed by atoms with van der Waals surface area (Å²) in [6, 6.07) is 18.5. The van der Waals surface area contributed by atoms with Gasteiger partial charge in [0.15, 0.2) is 5.82 Å². The Bertz CT molecular complexity index is 898. The number of para-hydroxylation sites is 2. The minimum atomic E-state index is 0.117. The van der Waals surface area contributed by atoms with Crippen LogP contribution in [0.4, 0.5) is 23.1 Å². The smallest absolute Gasteiger partial charge is 0.249 e. The summed E-state index contributed by atoms with van der Waals surface area (Å²) in [6.45, 7) is 5.31. The average Bonchev–Trinajstić information content (AvgIpc) is 2.76. The molecule has 28 heavy (non-hydrogen) atoms. The summed E-state index contributed by atoms with van der Waals surface area (Å²) >= 11 is 0. The number of aromatic nitrogens is 3. The van der Waals surface area contributed by atoms with E-state index in [0.717, 1.165) is 37.7 Å². The zero-order chi connectivity index (χ0) is 19.2. The van der Waals surface area contributed by atoms with E-state index in [1.807, 2.05) is 36.4 Å². The van der Waals surface area contributed by atoms with Crippen molar-refractivity contribution in [1.29, 1.82) is 0 Å². The third-order valence-electron chi connectivity index (χ3n) is 4.73. The van der Waals surface area contributed by atoms with Crippen LogP contribution in [0.3, 0.4) is 0 Å². The van der Waals surface area contributed by atoms with Gasteiger partial charge >= 0.3 is 0 Å². The van der Waals surface area contributed by atoms with Crippen LogP contribution < -0.4 is 15.5 Å². The molecular weight excluding hydrogens is 352 g/mol. The van der Waals surface area contributed by atoms with Crippen LogP contribution in [0.5, 0.6) is 0 Å². The maximum Gasteiger partial charge on any atom is 0.249 e. The number of ether oxygens (including phenoxy) is 1. The molecule has 1 unspecified atom stereocenters. The van der Waals surface area contributed by atoms with Crippen LogP contribution >= 0.6 is 0 Å². The second-order valence-corrected chi connectivity index (χ2v) is 6.68. The van der Waals surface area contributed by atoms with Crippen molar-refractivity contribution >= 4 is 23.1 Å². The van der Waals surface area contributed by atoms with E-state index < -0.39 is 0 Å². The van der Waals surface area contributed by atoms with Crippen LogP contribution in [0.15, 0.2) is 60.8 Å². The second kappa shape index (κ2) is 8.67. The van der Waals surface area contributed by atoms with Gasteiger partial charge in [0.05, 0.1) is 30.8 Å². The van der Waals surface area contributed by atoms with Crippen LogP contribution in [0.2, 0.25) is 0 Å². The first-order chi connectivity index (χ1) is 13.8. The zero-order valence-electron chi connectivity index (χ0n) is 15.9. The molecule has 1 aliphatic heterocycles. The highest BCUT2D eigenvalue weighted by atomic mass is 16.5. The molecule has 2 N–H and O–H groups in total. The van der Waals surface area contributed by atoms with Gasteiger partial charge in [0.1, 0.15) is 0 Å². The highest BCUT2D eigenvalue weighted by Crippen LogP contribution is 2.28. The molecule has 7 nitrogen and oxygen atoms in total. The van der Waals surface area contributed by atoms with Gasteiger partial charge in [-0.3, -0.25) is 0 Å². The third-order valence-corrected chi connectivity index (χ3v) is 4.73. The van der Waals surface area contributed by atoms with Crippen molar-refractivity contribution in [1.82, 2.24) is 15.2 Å². The summed E-state index contributed by atoms with van der Waals surface area (Å²) in [5.41, 5.74) is 3.26. The quantitative estimate of drug-likeness (QED) is 0.680. The van der Waals surface area contributed by atoms with Crippen molar-refractivity contribution in [3.8, 4) is 0 Å². The fraction of sp³-hybridized carbons (Fsp3) is 0.286. The van der Waals surface area contributed by atoms with Crippen LogP contribution in [-0.2, 0) is 4.74 Å². The molecule has 0 spiro atoms. The largest absolute Gasteiger partial charge is 0.378 e. The van der Waals surface area contributed by atoms with E-state index in [1.54, 1.807) is 6.20 Å². The van der Waals surface area contributed by atoms with E-state index in [4.69, 9.17) is 4.74 Å². The number of anilines is 4. The van der Waals surface area contributed by atoms with E-state index in [-0.39, 0.29) is 6.04 Å². The van der Waals surface area contributed by atoms with Crippen molar-refractivity contribution in [2.24, 2.45) is 0 Å². The molecule has 1 aromatic heterocycles. The molecule has 0 radical (unpaired) electrons. The Hall–Kier alpha value is -3.19. The Morgan fingerprint density at radius 2 is 1.75 bits per heavy atom. The Morgan fingerprint density at radius 3 is 2.57 bits per heavy atom. The minimum Gasteiger partial charge on any atom is -0.378 e. The Kier molecular flexibility index (Phi) is 5.63. The fourth-order valence-electron chi connectivity index (χ4n) is 3.25. The maximum absolute atomic E-state index is 5.46. The summed E-state index contributed by atoms with van der Waals surface area (Å²) in [5.74, 6) is 1.14. The summed E-state index contributed by atoms with van der Waals surface area (Å²) < 4.78 is 5.46. The molecular formula is C21H24N6O. The molecule has 7 heteroatoms. The predicted molar refractivity (Wildman–Crippen MR) is 111 cm³/mol.